The molecule has 0 saturated heterocycles. The number of nitrogens with zero attached hydrogens (tertiary/aromatic N) is 1. The van der Waals surface area contributed by atoms with Gasteiger partial charge in [0, 0.05) is 16.9 Å². The number of thiazole rings is 1. The van der Waals surface area contributed by atoms with Crippen molar-refractivity contribution >= 4 is 55.1 Å². The van der Waals surface area contributed by atoms with Crippen LogP contribution in [0.3, 0.4) is 0 Å². The van der Waals surface area contributed by atoms with E-state index in [1.165, 1.54) is 11.3 Å². The number of rotatable bonds is 4. The lowest BCUT2D eigenvalue weighted by Crippen LogP contribution is -2.22. The first-order valence-electron chi connectivity index (χ1n) is 6.64. The molecule has 0 atom stereocenters. The monoisotopic (exact) mass is 372 g/mol. The maximum Gasteiger partial charge on any atom is 0.120 e. The van der Waals surface area contributed by atoms with Gasteiger partial charge in [-0.2, -0.15) is 0 Å². The van der Waals surface area contributed by atoms with Crippen molar-refractivity contribution in [1.29, 1.82) is 0 Å². The second-order valence-corrected chi connectivity index (χ2v) is 6.61. The van der Waals surface area contributed by atoms with Crippen LogP contribution in [0.15, 0.2) is 53.0 Å². The van der Waals surface area contributed by atoms with Crippen LogP contribution < -0.4 is 5.11 Å². The molecule has 0 aliphatic rings. The Morgan fingerprint density at radius 1 is 1.18 bits per heavy atom. The molecule has 0 fully saturated rings. The molecular formula is C17H11BrNO2S-. The smallest absolute Gasteiger partial charge is 0.120 e. The van der Waals surface area contributed by atoms with Crippen LogP contribution in [0.5, 0.6) is 0 Å². The van der Waals surface area contributed by atoms with Crippen molar-refractivity contribution in [2.24, 2.45) is 0 Å². The number of benzene rings is 2. The number of carbonyl (C=O) groups excluding carboxylic acids is 1. The molecule has 0 unspecified atom stereocenters. The van der Waals surface area contributed by atoms with E-state index in [2.05, 4.69) is 20.9 Å². The van der Waals surface area contributed by atoms with E-state index in [-0.39, 0.29) is 6.42 Å². The summed E-state index contributed by atoms with van der Waals surface area (Å²) in [4.78, 5) is 15.6. The van der Waals surface area contributed by atoms with Crippen molar-refractivity contribution in [2.45, 2.75) is 6.42 Å². The Balaban J connectivity index is 2.10. The molecule has 22 heavy (non-hydrogen) atoms. The van der Waals surface area contributed by atoms with E-state index in [0.29, 0.717) is 10.6 Å². The van der Waals surface area contributed by atoms with Crippen molar-refractivity contribution in [3.05, 3.63) is 63.6 Å². The number of carbonyl (C=O) groups is 1. The predicted molar refractivity (Wildman–Crippen MR) is 91.3 cm³/mol. The molecule has 3 rings (SSSR count). The minimum atomic E-state index is -1.11. The van der Waals surface area contributed by atoms with Crippen LogP contribution in [-0.4, -0.2) is 11.0 Å². The van der Waals surface area contributed by atoms with Gasteiger partial charge in [-0.05, 0) is 35.4 Å². The zero-order chi connectivity index (χ0) is 15.5. The zero-order valence-corrected chi connectivity index (χ0v) is 13.9. The number of fused-ring (bicyclic) bond motifs is 1. The summed E-state index contributed by atoms with van der Waals surface area (Å²) in [7, 11) is 0. The Morgan fingerprint density at radius 3 is 2.64 bits per heavy atom. The Labute approximate surface area is 140 Å². The quantitative estimate of drug-likeness (QED) is 0.700. The highest BCUT2D eigenvalue weighted by Crippen LogP contribution is 2.31. The Kier molecular flexibility index (Phi) is 4.36. The lowest BCUT2D eigenvalue weighted by Gasteiger charge is -2.06. The molecule has 0 radical (unpaired) electrons. The van der Waals surface area contributed by atoms with Gasteiger partial charge >= 0.3 is 0 Å². The molecule has 2 aromatic carbocycles. The van der Waals surface area contributed by atoms with Gasteiger partial charge in [0.2, 0.25) is 0 Å². The fourth-order valence-corrected chi connectivity index (χ4v) is 3.51. The Bertz CT molecular complexity index is 837. The van der Waals surface area contributed by atoms with Gasteiger partial charge in [0.15, 0.2) is 0 Å². The molecule has 0 bridgehead atoms. The van der Waals surface area contributed by atoms with Crippen LogP contribution in [0, 0.1) is 0 Å². The third-order valence-electron chi connectivity index (χ3n) is 3.14. The van der Waals surface area contributed by atoms with Gasteiger partial charge < -0.3 is 9.90 Å². The maximum atomic E-state index is 11.1. The average molecular weight is 373 g/mol. The summed E-state index contributed by atoms with van der Waals surface area (Å²) in [5.41, 5.74) is 2.44. The first-order chi connectivity index (χ1) is 10.6. The second kappa shape index (κ2) is 6.42. The molecule has 3 aromatic rings. The van der Waals surface area contributed by atoms with E-state index in [1.54, 1.807) is 0 Å². The molecule has 0 saturated carbocycles. The van der Waals surface area contributed by atoms with Crippen LogP contribution in [0.1, 0.15) is 17.0 Å². The van der Waals surface area contributed by atoms with Gasteiger partial charge in [0.05, 0.1) is 10.2 Å². The molecule has 0 spiro atoms. The molecule has 110 valence electrons. The van der Waals surface area contributed by atoms with Gasteiger partial charge in [-0.15, -0.1) is 11.3 Å². The SMILES string of the molecule is O=C([O-])C/C(=C\c1ccccc1Br)c1nc2ccccc2s1. The first kappa shape index (κ1) is 14.9. The van der Waals surface area contributed by atoms with E-state index < -0.39 is 5.97 Å². The van der Waals surface area contributed by atoms with E-state index in [1.807, 2.05) is 54.6 Å². The molecule has 3 nitrogen and oxygen atoms in total. The first-order valence-corrected chi connectivity index (χ1v) is 8.25. The molecule has 0 amide bonds. The highest BCUT2D eigenvalue weighted by atomic mass is 79.9. The standard InChI is InChI=1S/C17H12BrNO2S/c18-13-6-2-1-5-11(13)9-12(10-16(20)21)17-19-14-7-3-4-8-15(14)22-17/h1-9H,10H2,(H,20,21)/p-1/b12-9+. The molecular weight excluding hydrogens is 362 g/mol. The molecule has 5 heteroatoms. The van der Waals surface area contributed by atoms with Crippen LogP contribution >= 0.6 is 27.3 Å². The summed E-state index contributed by atoms with van der Waals surface area (Å²) in [5, 5.41) is 11.8. The molecule has 0 N–H and O–H groups in total. The fourth-order valence-electron chi connectivity index (χ4n) is 2.13. The van der Waals surface area contributed by atoms with Gasteiger partial charge in [-0.3, -0.25) is 0 Å². The molecule has 1 aromatic heterocycles. The average Bonchev–Trinajstić information content (AvgIpc) is 2.92. The van der Waals surface area contributed by atoms with Gasteiger partial charge in [0.25, 0.3) is 0 Å². The third-order valence-corrected chi connectivity index (χ3v) is 4.97. The van der Waals surface area contributed by atoms with Crippen molar-refractivity contribution in [1.82, 2.24) is 4.98 Å². The number of para-hydroxylation sites is 1. The Hall–Kier alpha value is -1.98. The van der Waals surface area contributed by atoms with Crippen LogP contribution in [0.2, 0.25) is 0 Å². The molecule has 0 aliphatic heterocycles. The summed E-state index contributed by atoms with van der Waals surface area (Å²) in [6, 6.07) is 15.4. The molecule has 1 heterocycles. The number of carboxylic acids is 1. The summed E-state index contributed by atoms with van der Waals surface area (Å²) in [6.45, 7) is 0. The largest absolute Gasteiger partial charge is 0.550 e. The predicted octanol–water partition coefficient (Wildman–Crippen LogP) is 3.74. The number of aromatic nitrogens is 1. The Morgan fingerprint density at radius 2 is 1.91 bits per heavy atom. The fraction of sp³-hybridized carbons (Fsp3) is 0.0588. The maximum absolute atomic E-state index is 11.1. The highest BCUT2D eigenvalue weighted by Gasteiger charge is 2.10. The summed E-state index contributed by atoms with van der Waals surface area (Å²) in [5.74, 6) is -1.11. The van der Waals surface area contributed by atoms with Gasteiger partial charge in [-0.25, -0.2) is 4.98 Å². The number of aliphatic carboxylic acids is 1. The third kappa shape index (κ3) is 3.26. The minimum Gasteiger partial charge on any atom is -0.550 e. The number of hydrogen-bond donors (Lipinski definition) is 0. The summed E-state index contributed by atoms with van der Waals surface area (Å²) in [6.07, 6.45) is 1.68. The topological polar surface area (TPSA) is 53.0 Å². The summed E-state index contributed by atoms with van der Waals surface area (Å²) < 4.78 is 1.95. The lowest BCUT2D eigenvalue weighted by molar-refractivity contribution is -0.304. The number of hydrogen-bond acceptors (Lipinski definition) is 4. The van der Waals surface area contributed by atoms with Crippen molar-refractivity contribution in [3.63, 3.8) is 0 Å². The van der Waals surface area contributed by atoms with Gasteiger partial charge in [-0.1, -0.05) is 46.3 Å². The number of carboxylic acid groups (broad SMARTS) is 1. The van der Waals surface area contributed by atoms with Crippen molar-refractivity contribution in [3.8, 4) is 0 Å². The highest BCUT2D eigenvalue weighted by molar-refractivity contribution is 9.10. The minimum absolute atomic E-state index is 0.166. The molecule has 0 aliphatic carbocycles. The summed E-state index contributed by atoms with van der Waals surface area (Å²) >= 11 is 4.96. The van der Waals surface area contributed by atoms with Crippen LogP contribution in [0.4, 0.5) is 0 Å². The number of halogens is 1. The van der Waals surface area contributed by atoms with Gasteiger partial charge in [0.1, 0.15) is 5.01 Å². The van der Waals surface area contributed by atoms with Crippen LogP contribution in [-0.2, 0) is 4.79 Å². The van der Waals surface area contributed by atoms with E-state index in [9.17, 15) is 9.90 Å². The normalized spacial score (nSPS) is 11.8. The second-order valence-electron chi connectivity index (χ2n) is 4.73. The van der Waals surface area contributed by atoms with E-state index in [4.69, 9.17) is 0 Å². The van der Waals surface area contributed by atoms with Crippen molar-refractivity contribution in [2.75, 3.05) is 0 Å². The van der Waals surface area contributed by atoms with Crippen molar-refractivity contribution < 1.29 is 9.90 Å². The van der Waals surface area contributed by atoms with E-state index in [0.717, 1.165) is 20.3 Å². The lowest BCUT2D eigenvalue weighted by atomic mass is 10.1. The zero-order valence-electron chi connectivity index (χ0n) is 11.5. The van der Waals surface area contributed by atoms with E-state index >= 15 is 0 Å². The van der Waals surface area contributed by atoms with Crippen LogP contribution in [0.25, 0.3) is 21.9 Å².